The zero-order valence-electron chi connectivity index (χ0n) is 12.0. The number of ether oxygens (including phenoxy) is 1. The van der Waals surface area contributed by atoms with Crippen molar-refractivity contribution < 1.29 is 9.26 Å². The lowest BCUT2D eigenvalue weighted by molar-refractivity contribution is -0.0489. The molecule has 1 aromatic rings. The first-order valence-electron chi connectivity index (χ1n) is 6.61. The van der Waals surface area contributed by atoms with Gasteiger partial charge in [0.1, 0.15) is 0 Å². The van der Waals surface area contributed by atoms with E-state index in [9.17, 15) is 0 Å². The van der Waals surface area contributed by atoms with E-state index in [0.717, 1.165) is 30.5 Å². The van der Waals surface area contributed by atoms with Gasteiger partial charge in [0, 0.05) is 26.2 Å². The van der Waals surface area contributed by atoms with E-state index in [4.69, 9.17) is 9.26 Å². The molecule has 0 aliphatic carbocycles. The predicted octanol–water partition coefficient (Wildman–Crippen LogP) is 1.17. The maximum atomic E-state index is 5.72. The van der Waals surface area contributed by atoms with Gasteiger partial charge >= 0.3 is 0 Å². The standard InChI is InChI=1S/C13H22N4O2/c1-9-5-12(19-16-9)6-15-13(14-4)17-7-10(2)18-11(3)8-17/h5,10-11H,6-8H2,1-4H3,(H,14,15)/t10-,11-/m0/s1. The van der Waals surface area contributed by atoms with Crippen LogP contribution in [-0.4, -0.2) is 48.4 Å². The summed E-state index contributed by atoms with van der Waals surface area (Å²) in [6.45, 7) is 8.35. The molecule has 2 rings (SSSR count). The number of rotatable bonds is 2. The molecule has 2 atom stereocenters. The summed E-state index contributed by atoms with van der Waals surface area (Å²) in [5, 5.41) is 7.17. The van der Waals surface area contributed by atoms with Crippen molar-refractivity contribution >= 4 is 5.96 Å². The molecule has 0 saturated carbocycles. The quantitative estimate of drug-likeness (QED) is 0.643. The van der Waals surface area contributed by atoms with Crippen molar-refractivity contribution in [1.82, 2.24) is 15.4 Å². The number of nitrogens with one attached hydrogen (secondary N) is 1. The molecule has 1 aliphatic rings. The van der Waals surface area contributed by atoms with Gasteiger partial charge in [-0.25, -0.2) is 0 Å². The van der Waals surface area contributed by atoms with Crippen LogP contribution < -0.4 is 5.32 Å². The van der Waals surface area contributed by atoms with Crippen LogP contribution in [0.3, 0.4) is 0 Å². The van der Waals surface area contributed by atoms with E-state index in [2.05, 4.69) is 34.2 Å². The molecule has 19 heavy (non-hydrogen) atoms. The highest BCUT2D eigenvalue weighted by molar-refractivity contribution is 5.80. The average molecular weight is 266 g/mol. The molecular formula is C13H22N4O2. The van der Waals surface area contributed by atoms with Gasteiger partial charge in [0.2, 0.25) is 0 Å². The van der Waals surface area contributed by atoms with Gasteiger partial charge in [-0.1, -0.05) is 5.16 Å². The van der Waals surface area contributed by atoms with Crippen LogP contribution in [0, 0.1) is 6.92 Å². The molecule has 1 saturated heterocycles. The molecule has 1 N–H and O–H groups in total. The van der Waals surface area contributed by atoms with Crippen LogP contribution in [0.1, 0.15) is 25.3 Å². The van der Waals surface area contributed by atoms with Gasteiger partial charge in [0.15, 0.2) is 11.7 Å². The van der Waals surface area contributed by atoms with E-state index < -0.39 is 0 Å². The first kappa shape index (κ1) is 13.9. The van der Waals surface area contributed by atoms with Gasteiger partial charge < -0.3 is 19.5 Å². The van der Waals surface area contributed by atoms with Crippen LogP contribution in [-0.2, 0) is 11.3 Å². The lowest BCUT2D eigenvalue weighted by Gasteiger charge is -2.37. The van der Waals surface area contributed by atoms with Gasteiger partial charge in [-0.15, -0.1) is 0 Å². The molecule has 0 amide bonds. The van der Waals surface area contributed by atoms with Gasteiger partial charge in [-0.3, -0.25) is 4.99 Å². The van der Waals surface area contributed by atoms with Crippen LogP contribution in [0.25, 0.3) is 0 Å². The maximum absolute atomic E-state index is 5.72. The van der Waals surface area contributed by atoms with Crippen molar-refractivity contribution in [2.75, 3.05) is 20.1 Å². The minimum atomic E-state index is 0.217. The summed E-state index contributed by atoms with van der Waals surface area (Å²) in [6, 6.07) is 1.92. The van der Waals surface area contributed by atoms with Crippen LogP contribution in [0.2, 0.25) is 0 Å². The Kier molecular flexibility index (Phi) is 4.42. The maximum Gasteiger partial charge on any atom is 0.194 e. The van der Waals surface area contributed by atoms with Crippen molar-refractivity contribution in [1.29, 1.82) is 0 Å². The molecule has 0 spiro atoms. The molecule has 1 fully saturated rings. The first-order chi connectivity index (χ1) is 9.08. The topological polar surface area (TPSA) is 62.9 Å². The number of aliphatic imine (C=N–C) groups is 1. The Morgan fingerprint density at radius 3 is 2.68 bits per heavy atom. The average Bonchev–Trinajstić information content (AvgIpc) is 2.75. The number of hydrogen-bond donors (Lipinski definition) is 1. The minimum Gasteiger partial charge on any atom is -0.372 e. The Morgan fingerprint density at radius 1 is 1.47 bits per heavy atom. The van der Waals surface area contributed by atoms with Gasteiger partial charge in [0.25, 0.3) is 0 Å². The highest BCUT2D eigenvalue weighted by atomic mass is 16.5. The lowest BCUT2D eigenvalue weighted by atomic mass is 10.2. The third-order valence-corrected chi connectivity index (χ3v) is 3.03. The van der Waals surface area contributed by atoms with Gasteiger partial charge in [0.05, 0.1) is 24.4 Å². The second-order valence-electron chi connectivity index (χ2n) is 5.00. The van der Waals surface area contributed by atoms with E-state index in [0.29, 0.717) is 6.54 Å². The highest BCUT2D eigenvalue weighted by Crippen LogP contribution is 2.11. The zero-order valence-corrected chi connectivity index (χ0v) is 12.0. The van der Waals surface area contributed by atoms with E-state index in [1.165, 1.54) is 0 Å². The molecule has 0 aromatic carbocycles. The molecule has 2 heterocycles. The van der Waals surface area contributed by atoms with E-state index >= 15 is 0 Å². The van der Waals surface area contributed by atoms with E-state index in [-0.39, 0.29) is 12.2 Å². The molecule has 0 radical (unpaired) electrons. The Morgan fingerprint density at radius 2 is 2.16 bits per heavy atom. The summed E-state index contributed by atoms with van der Waals surface area (Å²) in [7, 11) is 1.79. The second-order valence-corrected chi connectivity index (χ2v) is 5.00. The largest absolute Gasteiger partial charge is 0.372 e. The van der Waals surface area contributed by atoms with Gasteiger partial charge in [-0.05, 0) is 20.8 Å². The van der Waals surface area contributed by atoms with E-state index in [1.807, 2.05) is 13.0 Å². The fraction of sp³-hybridized carbons (Fsp3) is 0.692. The SMILES string of the molecule is CN=C(NCc1cc(C)no1)N1C[C@H](C)O[C@@H](C)C1. The van der Waals surface area contributed by atoms with Crippen molar-refractivity contribution in [3.8, 4) is 0 Å². The molecule has 1 aromatic heterocycles. The predicted molar refractivity (Wildman–Crippen MR) is 73.0 cm³/mol. The summed E-state index contributed by atoms with van der Waals surface area (Å²) >= 11 is 0. The molecule has 0 bridgehead atoms. The molecule has 106 valence electrons. The van der Waals surface area contributed by atoms with Crippen LogP contribution >= 0.6 is 0 Å². The van der Waals surface area contributed by atoms with Crippen molar-refractivity contribution in [2.45, 2.75) is 39.5 Å². The van der Waals surface area contributed by atoms with Crippen LogP contribution in [0.4, 0.5) is 0 Å². The smallest absolute Gasteiger partial charge is 0.194 e. The van der Waals surface area contributed by atoms with Crippen molar-refractivity contribution in [3.05, 3.63) is 17.5 Å². The molecule has 6 nitrogen and oxygen atoms in total. The number of morpholine rings is 1. The second kappa shape index (κ2) is 6.06. The third kappa shape index (κ3) is 3.70. The van der Waals surface area contributed by atoms with Crippen LogP contribution in [0.5, 0.6) is 0 Å². The molecule has 1 aliphatic heterocycles. The summed E-state index contributed by atoms with van der Waals surface area (Å²) < 4.78 is 10.9. The minimum absolute atomic E-state index is 0.217. The summed E-state index contributed by atoms with van der Waals surface area (Å²) in [6.07, 6.45) is 0.435. The number of aryl methyl sites for hydroxylation is 1. The number of nitrogens with zero attached hydrogens (tertiary/aromatic N) is 3. The summed E-state index contributed by atoms with van der Waals surface area (Å²) in [5.74, 6) is 1.68. The van der Waals surface area contributed by atoms with Crippen LogP contribution in [0.15, 0.2) is 15.6 Å². The monoisotopic (exact) mass is 266 g/mol. The Labute approximate surface area is 113 Å². The lowest BCUT2D eigenvalue weighted by Crippen LogP contribution is -2.52. The summed E-state index contributed by atoms with van der Waals surface area (Å²) in [4.78, 5) is 6.53. The Balaban J connectivity index is 1.93. The molecular weight excluding hydrogens is 244 g/mol. The first-order valence-corrected chi connectivity index (χ1v) is 6.61. The summed E-state index contributed by atoms with van der Waals surface area (Å²) in [5.41, 5.74) is 0.889. The fourth-order valence-electron chi connectivity index (χ4n) is 2.35. The third-order valence-electron chi connectivity index (χ3n) is 3.03. The van der Waals surface area contributed by atoms with Crippen molar-refractivity contribution in [3.63, 3.8) is 0 Å². The fourth-order valence-corrected chi connectivity index (χ4v) is 2.35. The number of aromatic nitrogens is 1. The molecule has 6 heteroatoms. The van der Waals surface area contributed by atoms with Gasteiger partial charge in [-0.2, -0.15) is 0 Å². The van der Waals surface area contributed by atoms with Crippen molar-refractivity contribution in [2.24, 2.45) is 4.99 Å². The highest BCUT2D eigenvalue weighted by Gasteiger charge is 2.24. The zero-order chi connectivity index (χ0) is 13.8. The Bertz CT molecular complexity index is 434. The number of hydrogen-bond acceptors (Lipinski definition) is 4. The molecule has 0 unspecified atom stereocenters. The number of guanidine groups is 1. The Hall–Kier alpha value is -1.56. The normalized spacial score (nSPS) is 24.6. The van der Waals surface area contributed by atoms with E-state index in [1.54, 1.807) is 7.05 Å².